The van der Waals surface area contributed by atoms with Crippen molar-refractivity contribution in [2.45, 2.75) is 19.8 Å². The highest BCUT2D eigenvalue weighted by Crippen LogP contribution is 2.03. The van der Waals surface area contributed by atoms with E-state index in [4.69, 9.17) is 4.74 Å². The van der Waals surface area contributed by atoms with E-state index in [1.54, 1.807) is 6.26 Å². The van der Waals surface area contributed by atoms with Gasteiger partial charge in [0.05, 0.1) is 12.9 Å². The first-order valence-corrected chi connectivity index (χ1v) is 5.49. The summed E-state index contributed by atoms with van der Waals surface area (Å²) in [6, 6.07) is 10.1. The molecule has 0 saturated heterocycles. The minimum atomic E-state index is 0.802. The van der Waals surface area contributed by atoms with E-state index in [9.17, 15) is 0 Å². The zero-order valence-electron chi connectivity index (χ0n) is 9.28. The number of para-hydroxylation sites is 1. The fraction of sp³-hybridized carbons (Fsp3) is 0.385. The third-order valence-electron chi connectivity index (χ3n) is 2.01. The van der Waals surface area contributed by atoms with Gasteiger partial charge in [-0.05, 0) is 24.6 Å². The fourth-order valence-electron chi connectivity index (χ4n) is 1.14. The molecule has 0 fully saturated rings. The summed E-state index contributed by atoms with van der Waals surface area (Å²) in [4.78, 5) is 0. The van der Waals surface area contributed by atoms with Crippen LogP contribution in [0.1, 0.15) is 19.8 Å². The van der Waals surface area contributed by atoms with Gasteiger partial charge in [-0.3, -0.25) is 0 Å². The van der Waals surface area contributed by atoms with E-state index in [2.05, 4.69) is 12.2 Å². The van der Waals surface area contributed by atoms with Crippen LogP contribution in [0.25, 0.3) is 0 Å². The van der Waals surface area contributed by atoms with Gasteiger partial charge in [-0.25, -0.2) is 0 Å². The summed E-state index contributed by atoms with van der Waals surface area (Å²) in [6.07, 6.45) is 6.06. The van der Waals surface area contributed by atoms with Crippen molar-refractivity contribution in [1.29, 1.82) is 0 Å². The molecule has 0 spiro atoms. The lowest BCUT2D eigenvalue weighted by molar-refractivity contribution is 0.243. The Bertz CT molecular complexity index is 269. The van der Waals surface area contributed by atoms with Crippen LogP contribution in [0, 0.1) is 0 Å². The molecule has 0 radical (unpaired) electrons. The highest BCUT2D eigenvalue weighted by atomic mass is 16.5. The first-order chi connectivity index (χ1) is 7.43. The lowest BCUT2D eigenvalue weighted by atomic mass is 10.3. The Hall–Kier alpha value is -1.44. The van der Waals surface area contributed by atoms with Crippen molar-refractivity contribution in [3.05, 3.63) is 42.7 Å². The van der Waals surface area contributed by atoms with Gasteiger partial charge < -0.3 is 10.1 Å². The maximum absolute atomic E-state index is 5.29. The lowest BCUT2D eigenvalue weighted by Crippen LogP contribution is -1.97. The number of hydrogen-bond donors (Lipinski definition) is 1. The standard InChI is InChI=1S/C13H19NO/c1-2-3-11-15-12-7-10-14-13-8-5-4-6-9-13/h4-9,12,14H,2-3,10-11H2,1H3. The van der Waals surface area contributed by atoms with Crippen LogP contribution in [-0.2, 0) is 4.74 Å². The van der Waals surface area contributed by atoms with Crippen LogP contribution in [0.15, 0.2) is 42.7 Å². The second kappa shape index (κ2) is 7.92. The number of ether oxygens (including phenoxy) is 1. The van der Waals surface area contributed by atoms with E-state index in [0.717, 1.165) is 25.3 Å². The van der Waals surface area contributed by atoms with Crippen LogP contribution < -0.4 is 5.32 Å². The minimum absolute atomic E-state index is 0.802. The number of unbranched alkanes of at least 4 members (excludes halogenated alkanes) is 1. The van der Waals surface area contributed by atoms with Crippen LogP contribution in [0.5, 0.6) is 0 Å². The molecule has 1 aromatic carbocycles. The van der Waals surface area contributed by atoms with Gasteiger partial charge in [0.25, 0.3) is 0 Å². The number of hydrogen-bond acceptors (Lipinski definition) is 2. The third kappa shape index (κ3) is 5.78. The van der Waals surface area contributed by atoms with Gasteiger partial charge in [-0.1, -0.05) is 31.5 Å². The topological polar surface area (TPSA) is 21.3 Å². The Morgan fingerprint density at radius 2 is 2.07 bits per heavy atom. The molecule has 0 bridgehead atoms. The van der Waals surface area contributed by atoms with Crippen molar-refractivity contribution >= 4 is 5.69 Å². The largest absolute Gasteiger partial charge is 0.501 e. The Kier molecular flexibility index (Phi) is 6.14. The average molecular weight is 205 g/mol. The van der Waals surface area contributed by atoms with Gasteiger partial charge in [0.2, 0.25) is 0 Å². The molecule has 0 heterocycles. The molecule has 0 saturated carbocycles. The summed E-state index contributed by atoms with van der Waals surface area (Å²) in [7, 11) is 0. The summed E-state index contributed by atoms with van der Waals surface area (Å²) in [5.74, 6) is 0. The summed E-state index contributed by atoms with van der Waals surface area (Å²) in [5, 5.41) is 3.27. The average Bonchev–Trinajstić information content (AvgIpc) is 2.29. The Morgan fingerprint density at radius 1 is 1.27 bits per heavy atom. The molecule has 0 aliphatic carbocycles. The molecule has 0 aliphatic heterocycles. The molecule has 2 nitrogen and oxygen atoms in total. The van der Waals surface area contributed by atoms with E-state index in [1.807, 2.05) is 36.4 Å². The highest BCUT2D eigenvalue weighted by Gasteiger charge is 1.85. The number of nitrogens with one attached hydrogen (secondary N) is 1. The lowest BCUT2D eigenvalue weighted by Gasteiger charge is -2.02. The smallest absolute Gasteiger partial charge is 0.0873 e. The van der Waals surface area contributed by atoms with E-state index in [0.29, 0.717) is 0 Å². The minimum Gasteiger partial charge on any atom is -0.501 e. The molecule has 0 amide bonds. The van der Waals surface area contributed by atoms with Crippen molar-refractivity contribution in [3.63, 3.8) is 0 Å². The molecule has 0 atom stereocenters. The quantitative estimate of drug-likeness (QED) is 0.544. The molecular formula is C13H19NO. The first-order valence-electron chi connectivity index (χ1n) is 5.49. The van der Waals surface area contributed by atoms with Crippen molar-refractivity contribution < 1.29 is 4.74 Å². The molecule has 2 heteroatoms. The van der Waals surface area contributed by atoms with Gasteiger partial charge in [-0.15, -0.1) is 0 Å². The summed E-state index contributed by atoms with van der Waals surface area (Å²) < 4.78 is 5.29. The molecule has 0 unspecified atom stereocenters. The maximum Gasteiger partial charge on any atom is 0.0873 e. The molecule has 82 valence electrons. The van der Waals surface area contributed by atoms with Gasteiger partial charge >= 0.3 is 0 Å². The van der Waals surface area contributed by atoms with E-state index < -0.39 is 0 Å². The molecule has 1 rings (SSSR count). The van der Waals surface area contributed by atoms with Gasteiger partial charge in [0.15, 0.2) is 0 Å². The van der Waals surface area contributed by atoms with Crippen LogP contribution in [0.3, 0.4) is 0 Å². The number of rotatable bonds is 7. The van der Waals surface area contributed by atoms with Gasteiger partial charge in [-0.2, -0.15) is 0 Å². The zero-order chi connectivity index (χ0) is 10.8. The van der Waals surface area contributed by atoms with E-state index >= 15 is 0 Å². The van der Waals surface area contributed by atoms with Crippen molar-refractivity contribution in [3.8, 4) is 0 Å². The molecule has 1 N–H and O–H groups in total. The Balaban J connectivity index is 2.06. The van der Waals surface area contributed by atoms with Crippen molar-refractivity contribution in [2.75, 3.05) is 18.5 Å². The van der Waals surface area contributed by atoms with Crippen LogP contribution in [-0.4, -0.2) is 13.2 Å². The van der Waals surface area contributed by atoms with Gasteiger partial charge in [0.1, 0.15) is 0 Å². The first kappa shape index (κ1) is 11.6. The molecule has 1 aromatic rings. The molecule has 0 aliphatic rings. The Labute approximate surface area is 92.0 Å². The van der Waals surface area contributed by atoms with Crippen LogP contribution in [0.2, 0.25) is 0 Å². The van der Waals surface area contributed by atoms with Gasteiger partial charge in [0, 0.05) is 12.2 Å². The summed E-state index contributed by atoms with van der Waals surface area (Å²) >= 11 is 0. The van der Waals surface area contributed by atoms with Crippen molar-refractivity contribution in [1.82, 2.24) is 0 Å². The van der Waals surface area contributed by atoms with Crippen molar-refractivity contribution in [2.24, 2.45) is 0 Å². The van der Waals surface area contributed by atoms with E-state index in [-0.39, 0.29) is 0 Å². The number of benzene rings is 1. The maximum atomic E-state index is 5.29. The zero-order valence-corrected chi connectivity index (χ0v) is 9.28. The molecule has 0 aromatic heterocycles. The Morgan fingerprint density at radius 3 is 2.80 bits per heavy atom. The number of anilines is 1. The second-order valence-electron chi connectivity index (χ2n) is 3.34. The van der Waals surface area contributed by atoms with Crippen LogP contribution in [0.4, 0.5) is 5.69 Å². The summed E-state index contributed by atoms with van der Waals surface area (Å²) in [5.41, 5.74) is 1.13. The predicted molar refractivity (Wildman–Crippen MR) is 64.9 cm³/mol. The fourth-order valence-corrected chi connectivity index (χ4v) is 1.14. The third-order valence-corrected chi connectivity index (χ3v) is 2.01. The monoisotopic (exact) mass is 205 g/mol. The summed E-state index contributed by atoms with van der Waals surface area (Å²) in [6.45, 7) is 3.78. The second-order valence-corrected chi connectivity index (χ2v) is 3.34. The van der Waals surface area contributed by atoms with E-state index in [1.165, 1.54) is 6.42 Å². The highest BCUT2D eigenvalue weighted by molar-refractivity contribution is 5.42. The SMILES string of the molecule is CCCCOC=CCNc1ccccc1. The molecule has 15 heavy (non-hydrogen) atoms. The molecular weight excluding hydrogens is 186 g/mol. The predicted octanol–water partition coefficient (Wildman–Crippen LogP) is 3.43. The van der Waals surface area contributed by atoms with Crippen LogP contribution >= 0.6 is 0 Å². The normalized spacial score (nSPS) is 10.5.